The van der Waals surface area contributed by atoms with E-state index in [0.29, 0.717) is 23.5 Å². The number of benzene rings is 1. The summed E-state index contributed by atoms with van der Waals surface area (Å²) in [6.45, 7) is 7.13. The summed E-state index contributed by atoms with van der Waals surface area (Å²) in [4.78, 5) is 22.5. The lowest BCUT2D eigenvalue weighted by molar-refractivity contribution is 0.0718. The minimum Gasteiger partial charge on any atom is -0.382 e. The molecule has 0 saturated carbocycles. The number of anilines is 1. The molecule has 0 saturated heterocycles. The number of fused-ring (bicyclic) bond motifs is 1. The van der Waals surface area contributed by atoms with Crippen molar-refractivity contribution in [3.8, 4) is 11.5 Å². The summed E-state index contributed by atoms with van der Waals surface area (Å²) >= 11 is 1.88. The Balaban J connectivity index is 1.12. The predicted molar refractivity (Wildman–Crippen MR) is 181 cm³/mol. The van der Waals surface area contributed by atoms with Crippen LogP contribution in [-0.2, 0) is 20.4 Å². The highest BCUT2D eigenvalue weighted by atomic mass is 32.2. The number of thioether (sulfide) groups is 1. The van der Waals surface area contributed by atoms with Gasteiger partial charge in [0, 0.05) is 6.42 Å². The van der Waals surface area contributed by atoms with Crippen LogP contribution in [0.4, 0.5) is 5.82 Å². The van der Waals surface area contributed by atoms with Crippen molar-refractivity contribution in [1.29, 1.82) is 0 Å². The lowest BCUT2D eigenvalue weighted by atomic mass is 10.1. The largest absolute Gasteiger partial charge is 0.382 e. The molecule has 0 bridgehead atoms. The van der Waals surface area contributed by atoms with Crippen molar-refractivity contribution in [2.24, 2.45) is 0 Å². The van der Waals surface area contributed by atoms with Gasteiger partial charge in [0.2, 0.25) is 0 Å². The predicted octanol–water partition coefficient (Wildman–Crippen LogP) is 6.38. The monoisotopic (exact) mass is 645 g/mol. The zero-order valence-electron chi connectivity index (χ0n) is 25.9. The molecule has 0 aliphatic rings. The highest BCUT2D eigenvalue weighted by Gasteiger charge is 2.22. The molecule has 0 aliphatic carbocycles. The number of aromatic nitrogens is 4. The normalized spacial score (nSPS) is 13.9. The topological polar surface area (TPSA) is 125 Å². The number of nitrogen functional groups attached to an aromatic ring is 1. The van der Waals surface area contributed by atoms with Gasteiger partial charge < -0.3 is 24.5 Å². The van der Waals surface area contributed by atoms with Gasteiger partial charge in [0.1, 0.15) is 18.2 Å². The maximum absolute atomic E-state index is 12.3. The molecule has 0 fully saturated rings. The van der Waals surface area contributed by atoms with E-state index < -0.39 is 15.7 Å². The molecule has 236 valence electrons. The van der Waals surface area contributed by atoms with Crippen LogP contribution >= 0.6 is 19.4 Å². The first-order valence-electron chi connectivity index (χ1n) is 15.3. The number of nitrogens with two attached hydrogens (primary N) is 1. The summed E-state index contributed by atoms with van der Waals surface area (Å²) in [6.07, 6.45) is 12.9. The molecule has 0 aliphatic heterocycles. The van der Waals surface area contributed by atoms with Gasteiger partial charge in [-0.25, -0.2) is 15.0 Å². The molecule has 9 nitrogen and oxygen atoms in total. The molecule has 2 atom stereocenters. The van der Waals surface area contributed by atoms with Crippen LogP contribution in [0.5, 0.6) is 0 Å². The van der Waals surface area contributed by atoms with Gasteiger partial charge in [0.25, 0.3) is 0 Å². The molecule has 0 amide bonds. The van der Waals surface area contributed by atoms with Gasteiger partial charge in [-0.1, -0.05) is 75.5 Å². The minimum absolute atomic E-state index is 0.247. The van der Waals surface area contributed by atoms with Crippen LogP contribution in [0.2, 0.25) is 13.1 Å². The zero-order chi connectivity index (χ0) is 31.0. The molecular formula is C31H48N5O4PSSi. The number of rotatable bonds is 20. The summed E-state index contributed by atoms with van der Waals surface area (Å²) in [5.74, 6) is 5.80. The average Bonchev–Trinajstić information content (AvgIpc) is 3.40. The fraction of sp³-hybridized carbons (Fsp3) is 0.581. The second-order valence-corrected chi connectivity index (χ2v) is 18.5. The smallest absolute Gasteiger partial charge is 0.353 e. The van der Waals surface area contributed by atoms with Gasteiger partial charge in [-0.15, -0.1) is 11.5 Å². The molecular weight excluding hydrogens is 597 g/mol. The van der Waals surface area contributed by atoms with E-state index in [1.807, 2.05) is 18.7 Å². The van der Waals surface area contributed by atoms with E-state index in [2.05, 4.69) is 69.8 Å². The fourth-order valence-corrected chi connectivity index (χ4v) is 8.21. The van der Waals surface area contributed by atoms with Crippen LogP contribution in [0.3, 0.4) is 0 Å². The third-order valence-electron chi connectivity index (χ3n) is 7.12. The molecule has 12 heteroatoms. The molecule has 2 aromatic heterocycles. The maximum atomic E-state index is 12.3. The van der Waals surface area contributed by atoms with Crippen molar-refractivity contribution in [3.63, 3.8) is 0 Å². The summed E-state index contributed by atoms with van der Waals surface area (Å²) < 4.78 is 25.0. The van der Waals surface area contributed by atoms with E-state index in [-0.39, 0.29) is 19.1 Å². The number of hydrogen-bond donors (Lipinski definition) is 2. The van der Waals surface area contributed by atoms with Crippen LogP contribution in [0, 0.1) is 11.5 Å². The van der Waals surface area contributed by atoms with Crippen molar-refractivity contribution in [2.45, 2.75) is 90.5 Å². The molecule has 1 aromatic carbocycles. The summed E-state index contributed by atoms with van der Waals surface area (Å²) in [5.41, 5.74) is 10.5. The lowest BCUT2D eigenvalue weighted by Crippen LogP contribution is -2.39. The van der Waals surface area contributed by atoms with Crippen LogP contribution in [0.1, 0.15) is 64.7 Å². The molecule has 1 unspecified atom stereocenters. The van der Waals surface area contributed by atoms with Gasteiger partial charge in [0.15, 0.2) is 19.5 Å². The Morgan fingerprint density at radius 2 is 1.72 bits per heavy atom. The molecule has 0 spiro atoms. The first-order valence-corrected chi connectivity index (χ1v) is 21.2. The molecule has 3 rings (SSSR count). The Hall–Kier alpha value is -2.19. The second-order valence-electron chi connectivity index (χ2n) is 11.4. The van der Waals surface area contributed by atoms with E-state index in [9.17, 15) is 9.46 Å². The summed E-state index contributed by atoms with van der Waals surface area (Å²) in [7, 11) is -5.43. The SMILES string of the molecule is C[C@H](Cn1cnc2c(N)ncnc21)OCP(=O)(O)OCCCSCCCCCCCCCC#C[Si](C)(C)c1ccccc1. The summed E-state index contributed by atoms with van der Waals surface area (Å²) in [5, 5.41) is 1.41. The number of unbranched alkanes of at least 4 members (excludes halogenated alkanes) is 7. The van der Waals surface area contributed by atoms with Crippen LogP contribution < -0.4 is 10.9 Å². The average molecular weight is 646 g/mol. The van der Waals surface area contributed by atoms with Crippen LogP contribution in [0.15, 0.2) is 43.0 Å². The van der Waals surface area contributed by atoms with E-state index in [0.717, 1.165) is 24.3 Å². The van der Waals surface area contributed by atoms with Crippen LogP contribution in [-0.4, -0.2) is 63.1 Å². The van der Waals surface area contributed by atoms with Crippen molar-refractivity contribution < 1.29 is 18.7 Å². The molecule has 3 N–H and O–H groups in total. The fourth-order valence-electron chi connectivity index (χ4n) is 4.60. The second kappa shape index (κ2) is 18.6. The van der Waals surface area contributed by atoms with Crippen molar-refractivity contribution in [1.82, 2.24) is 19.5 Å². The summed E-state index contributed by atoms with van der Waals surface area (Å²) in [6, 6.07) is 10.7. The van der Waals surface area contributed by atoms with Gasteiger partial charge in [0.05, 0.1) is 25.6 Å². The minimum atomic E-state index is -3.81. The van der Waals surface area contributed by atoms with Gasteiger partial charge >= 0.3 is 7.60 Å². The Morgan fingerprint density at radius 1 is 1.02 bits per heavy atom. The van der Waals surface area contributed by atoms with Gasteiger partial charge in [-0.2, -0.15) is 11.8 Å². The Kier molecular flexibility index (Phi) is 15.2. The lowest BCUT2D eigenvalue weighted by Gasteiger charge is -2.17. The third kappa shape index (κ3) is 13.1. The third-order valence-corrected chi connectivity index (χ3v) is 11.9. The standard InChI is InChI=1S/C31H48N5O4PSSi/c1-27(23-36-25-35-29-30(32)33-24-34-31(29)36)39-26-41(37,38)40-19-16-21-42-20-14-9-7-5-4-6-8-10-15-22-43(2,3)28-17-12-11-13-18-28/h11-13,17-18,24-25,27H,4-10,14,16,19-21,23,26H2,1-3H3,(H,37,38)(H2,32,33,34)/t27-/m1/s1. The first-order chi connectivity index (χ1) is 20.7. The zero-order valence-corrected chi connectivity index (χ0v) is 28.6. The van der Waals surface area contributed by atoms with Crippen molar-refractivity contribution in [3.05, 3.63) is 43.0 Å². The molecule has 0 radical (unpaired) electrons. The molecule has 43 heavy (non-hydrogen) atoms. The highest BCUT2D eigenvalue weighted by Crippen LogP contribution is 2.42. The van der Waals surface area contributed by atoms with E-state index >= 15 is 0 Å². The van der Waals surface area contributed by atoms with E-state index in [1.54, 1.807) is 10.9 Å². The van der Waals surface area contributed by atoms with E-state index in [1.165, 1.54) is 56.5 Å². The molecule has 3 aromatic rings. The van der Waals surface area contributed by atoms with Crippen molar-refractivity contribution >= 4 is 49.6 Å². The highest BCUT2D eigenvalue weighted by molar-refractivity contribution is 7.99. The van der Waals surface area contributed by atoms with Gasteiger partial charge in [-0.05, 0) is 42.9 Å². The first kappa shape index (κ1) is 35.3. The van der Waals surface area contributed by atoms with Crippen LogP contribution in [0.25, 0.3) is 11.2 Å². The number of imidazole rings is 1. The Morgan fingerprint density at radius 3 is 2.49 bits per heavy atom. The van der Waals surface area contributed by atoms with E-state index in [4.69, 9.17) is 15.0 Å². The quantitative estimate of drug-likeness (QED) is 0.0624. The Labute approximate surface area is 262 Å². The number of hydrogen-bond acceptors (Lipinski definition) is 8. The van der Waals surface area contributed by atoms with Gasteiger partial charge in [-0.3, -0.25) is 4.57 Å². The maximum Gasteiger partial charge on any atom is 0.353 e. The Bertz CT molecular complexity index is 1350. The molecule has 2 heterocycles. The number of ether oxygens (including phenoxy) is 1. The number of nitrogens with zero attached hydrogens (tertiary/aromatic N) is 4. The van der Waals surface area contributed by atoms with Crippen molar-refractivity contribution in [2.75, 3.05) is 30.2 Å².